The number of fused-ring (bicyclic) bond motifs is 1. The number of nitrogens with zero attached hydrogens (tertiary/aromatic N) is 3. The fourth-order valence-corrected chi connectivity index (χ4v) is 2.62. The van der Waals surface area contributed by atoms with Crippen molar-refractivity contribution in [3.05, 3.63) is 34.2 Å². The highest BCUT2D eigenvalue weighted by Gasteiger charge is 2.18. The van der Waals surface area contributed by atoms with Gasteiger partial charge >= 0.3 is 0 Å². The third-order valence-electron chi connectivity index (χ3n) is 2.60. The van der Waals surface area contributed by atoms with Crippen LogP contribution in [0.15, 0.2) is 27.3 Å². The van der Waals surface area contributed by atoms with Crippen LogP contribution in [0.5, 0.6) is 0 Å². The summed E-state index contributed by atoms with van der Waals surface area (Å²) in [7, 11) is -1.39. The summed E-state index contributed by atoms with van der Waals surface area (Å²) in [4.78, 5) is 4.25. The zero-order valence-electron chi connectivity index (χ0n) is 11.7. The molecule has 0 unspecified atom stereocenters. The van der Waals surface area contributed by atoms with Gasteiger partial charge in [0.15, 0.2) is 5.65 Å². The third kappa shape index (κ3) is 3.74. The van der Waals surface area contributed by atoms with Crippen molar-refractivity contribution in [1.29, 1.82) is 0 Å². The van der Waals surface area contributed by atoms with Crippen molar-refractivity contribution in [3.8, 4) is 0 Å². The van der Waals surface area contributed by atoms with E-state index in [9.17, 15) is 13.0 Å². The smallest absolute Gasteiger partial charge is 0.265 e. The van der Waals surface area contributed by atoms with E-state index in [0.29, 0.717) is 15.8 Å². The first-order chi connectivity index (χ1) is 9.68. The second kappa shape index (κ2) is 5.92. The van der Waals surface area contributed by atoms with Gasteiger partial charge in [0.1, 0.15) is 16.7 Å². The molecular weight excluding hydrogens is 364 g/mol. The van der Waals surface area contributed by atoms with Crippen LogP contribution >= 0.6 is 15.9 Å². The number of halogens is 3. The lowest BCUT2D eigenvalue weighted by Gasteiger charge is -2.12. The molecule has 8 heteroatoms. The lowest BCUT2D eigenvalue weighted by Crippen LogP contribution is -2.19. The molecule has 21 heavy (non-hydrogen) atoms. The summed E-state index contributed by atoms with van der Waals surface area (Å²) in [5.41, 5.74) is 0.857. The van der Waals surface area contributed by atoms with Gasteiger partial charge in [-0.3, -0.25) is 0 Å². The lowest BCUT2D eigenvalue weighted by molar-refractivity contribution is 0.151. The van der Waals surface area contributed by atoms with E-state index >= 15 is 0 Å². The fraction of sp³-hybridized carbons (Fsp3) is 0.385. The summed E-state index contributed by atoms with van der Waals surface area (Å²) in [5, 5.41) is 0. The Balaban J connectivity index is 2.38. The maximum absolute atomic E-state index is 12.7. The molecule has 0 aliphatic carbocycles. The topological polar surface area (TPSA) is 46.7 Å². The molecule has 0 saturated carbocycles. The molecule has 114 valence electrons. The predicted molar refractivity (Wildman–Crippen MR) is 83.3 cm³/mol. The summed E-state index contributed by atoms with van der Waals surface area (Å²) in [5.74, 6) is 0. The molecular formula is C13H14BrF2N3OS. The fourth-order valence-electron chi connectivity index (χ4n) is 1.54. The minimum Gasteiger partial charge on any atom is -0.305 e. The standard InChI is InChI=1S/C13H14BrF2N3OS/c1-13(2,3)21(20)17-5-9-7-19-6-8(11(15)16)4-10(14)12(19)18-9/h4-7,11H,1-3H3/t21-/m1/s1. The van der Waals surface area contributed by atoms with Gasteiger partial charge in [-0.1, -0.05) is 0 Å². The Bertz CT molecular complexity index is 722. The quantitative estimate of drug-likeness (QED) is 0.761. The van der Waals surface area contributed by atoms with Gasteiger partial charge in [0.25, 0.3) is 6.43 Å². The van der Waals surface area contributed by atoms with Gasteiger partial charge in [-0.25, -0.2) is 18.0 Å². The van der Waals surface area contributed by atoms with Crippen LogP contribution < -0.4 is 0 Å². The summed E-state index contributed by atoms with van der Waals surface area (Å²) in [6.07, 6.45) is 1.71. The second-order valence-electron chi connectivity index (χ2n) is 5.41. The maximum atomic E-state index is 12.7. The van der Waals surface area contributed by atoms with Crippen LogP contribution in [0.1, 0.15) is 38.5 Å². The average Bonchev–Trinajstić information content (AvgIpc) is 2.78. The van der Waals surface area contributed by atoms with E-state index in [2.05, 4.69) is 25.3 Å². The van der Waals surface area contributed by atoms with Crippen LogP contribution in [0.4, 0.5) is 8.78 Å². The van der Waals surface area contributed by atoms with E-state index in [1.165, 1.54) is 22.9 Å². The van der Waals surface area contributed by atoms with Gasteiger partial charge in [-0.2, -0.15) is 4.40 Å². The molecule has 2 heterocycles. The highest BCUT2D eigenvalue weighted by molar-refractivity contribution is 9.10. The van der Waals surface area contributed by atoms with E-state index in [0.717, 1.165) is 0 Å². The molecule has 0 fully saturated rings. The predicted octanol–water partition coefficient (Wildman–Crippen LogP) is 3.92. The highest BCUT2D eigenvalue weighted by atomic mass is 79.9. The molecule has 0 saturated heterocycles. The molecule has 4 nitrogen and oxygen atoms in total. The molecule has 0 N–H and O–H groups in total. The number of pyridine rings is 1. The largest absolute Gasteiger partial charge is 0.305 e. The zero-order valence-corrected chi connectivity index (χ0v) is 14.1. The van der Waals surface area contributed by atoms with Crippen molar-refractivity contribution < 1.29 is 13.0 Å². The summed E-state index contributed by atoms with van der Waals surface area (Å²) >= 11 is 3.22. The van der Waals surface area contributed by atoms with E-state index < -0.39 is 22.2 Å². The van der Waals surface area contributed by atoms with Crippen LogP contribution in [0.25, 0.3) is 5.65 Å². The Labute approximate surface area is 132 Å². The SMILES string of the molecule is CC(C)(C)[S@@](=O)N=Cc1cn2cc(C(F)F)cc(Br)c2n1. The van der Waals surface area contributed by atoms with E-state index in [4.69, 9.17) is 0 Å². The van der Waals surface area contributed by atoms with Crippen molar-refractivity contribution in [3.63, 3.8) is 0 Å². The first-order valence-corrected chi connectivity index (χ1v) is 8.01. The number of alkyl halides is 2. The summed E-state index contributed by atoms with van der Waals surface area (Å²) in [6, 6.07) is 1.33. The van der Waals surface area contributed by atoms with Gasteiger partial charge in [-0.15, -0.1) is 0 Å². The summed E-state index contributed by atoms with van der Waals surface area (Å²) in [6.45, 7) is 5.45. The van der Waals surface area contributed by atoms with Crippen molar-refractivity contribution in [2.75, 3.05) is 0 Å². The number of imidazole rings is 1. The van der Waals surface area contributed by atoms with E-state index in [1.807, 2.05) is 20.8 Å². The molecule has 0 amide bonds. The molecule has 2 aromatic heterocycles. The number of hydrogen-bond acceptors (Lipinski definition) is 2. The molecule has 0 radical (unpaired) electrons. The molecule has 0 bridgehead atoms. The van der Waals surface area contributed by atoms with Crippen molar-refractivity contribution in [2.45, 2.75) is 31.9 Å². The molecule has 0 aliphatic heterocycles. The number of rotatable bonds is 3. The van der Waals surface area contributed by atoms with Crippen molar-refractivity contribution >= 4 is 38.8 Å². The third-order valence-corrected chi connectivity index (χ3v) is 4.53. The normalized spacial score (nSPS) is 14.4. The summed E-state index contributed by atoms with van der Waals surface area (Å²) < 4.78 is 42.8. The maximum Gasteiger partial charge on any atom is 0.265 e. The monoisotopic (exact) mass is 377 g/mol. The zero-order chi connectivity index (χ0) is 15.8. The van der Waals surface area contributed by atoms with Crippen molar-refractivity contribution in [1.82, 2.24) is 9.38 Å². The Morgan fingerprint density at radius 2 is 2.10 bits per heavy atom. The average molecular weight is 378 g/mol. The number of hydrogen-bond donors (Lipinski definition) is 0. The van der Waals surface area contributed by atoms with Crippen LogP contribution in [0.2, 0.25) is 0 Å². The van der Waals surface area contributed by atoms with E-state index in [1.54, 1.807) is 6.20 Å². The molecule has 1 atom stereocenters. The molecule has 2 rings (SSSR count). The minimum atomic E-state index is -2.56. The van der Waals surface area contributed by atoms with Gasteiger partial charge in [0, 0.05) is 18.0 Å². The highest BCUT2D eigenvalue weighted by Crippen LogP contribution is 2.25. The molecule has 2 aromatic rings. The van der Waals surface area contributed by atoms with Gasteiger partial charge in [-0.05, 0) is 42.8 Å². The molecule has 0 aliphatic rings. The Hall–Kier alpha value is -1.15. The first kappa shape index (κ1) is 16.2. The van der Waals surface area contributed by atoms with Gasteiger partial charge in [0.05, 0.1) is 15.4 Å². The minimum absolute atomic E-state index is 0.103. The van der Waals surface area contributed by atoms with Crippen LogP contribution in [0.3, 0.4) is 0 Å². The molecule has 0 aromatic carbocycles. The Kier molecular flexibility index (Phi) is 4.57. The Morgan fingerprint density at radius 1 is 1.43 bits per heavy atom. The lowest BCUT2D eigenvalue weighted by atomic mass is 10.3. The Morgan fingerprint density at radius 3 is 2.67 bits per heavy atom. The molecule has 0 spiro atoms. The first-order valence-electron chi connectivity index (χ1n) is 6.11. The van der Waals surface area contributed by atoms with Crippen LogP contribution in [-0.2, 0) is 11.0 Å². The van der Waals surface area contributed by atoms with Gasteiger partial charge < -0.3 is 4.40 Å². The van der Waals surface area contributed by atoms with Crippen molar-refractivity contribution in [2.24, 2.45) is 4.40 Å². The van der Waals surface area contributed by atoms with Crippen LogP contribution in [-0.4, -0.2) is 24.6 Å². The van der Waals surface area contributed by atoms with E-state index in [-0.39, 0.29) is 5.56 Å². The van der Waals surface area contributed by atoms with Crippen LogP contribution in [0, 0.1) is 0 Å². The van der Waals surface area contributed by atoms with Gasteiger partial charge in [0.2, 0.25) is 0 Å². The number of aromatic nitrogens is 2. The second-order valence-corrected chi connectivity index (χ2v) is 8.20.